The molecule has 2 rings (SSSR count). The number of ether oxygens (including phenoxy) is 1. The molecule has 2 atom stereocenters. The Labute approximate surface area is 108 Å². The van der Waals surface area contributed by atoms with Gasteiger partial charge in [0.25, 0.3) is 0 Å². The first kappa shape index (κ1) is 13.5. The lowest BCUT2D eigenvalue weighted by Crippen LogP contribution is -2.34. The summed E-state index contributed by atoms with van der Waals surface area (Å²) in [6.45, 7) is 2.79. The van der Waals surface area contributed by atoms with Crippen molar-refractivity contribution in [1.29, 1.82) is 0 Å². The van der Waals surface area contributed by atoms with Crippen molar-refractivity contribution < 1.29 is 9.13 Å². The van der Waals surface area contributed by atoms with E-state index in [-0.39, 0.29) is 5.82 Å². The van der Waals surface area contributed by atoms with Gasteiger partial charge in [-0.1, -0.05) is 18.2 Å². The second kappa shape index (κ2) is 5.81. The Bertz CT molecular complexity index is 386. The zero-order chi connectivity index (χ0) is 13.0. The molecule has 0 aliphatic carbocycles. The predicted molar refractivity (Wildman–Crippen MR) is 70.8 cm³/mol. The molecule has 0 saturated carbocycles. The average molecular weight is 251 g/mol. The molecule has 0 amide bonds. The van der Waals surface area contributed by atoms with Crippen LogP contribution >= 0.6 is 0 Å². The van der Waals surface area contributed by atoms with Crippen LogP contribution in [-0.4, -0.2) is 12.7 Å². The Morgan fingerprint density at radius 3 is 2.89 bits per heavy atom. The molecule has 2 unspecified atom stereocenters. The molecule has 18 heavy (non-hydrogen) atoms. The van der Waals surface area contributed by atoms with Crippen LogP contribution in [0.1, 0.15) is 44.6 Å². The van der Waals surface area contributed by atoms with Gasteiger partial charge >= 0.3 is 0 Å². The molecule has 2 nitrogen and oxygen atoms in total. The fourth-order valence-corrected chi connectivity index (χ4v) is 2.63. The average Bonchev–Trinajstić information content (AvgIpc) is 2.82. The van der Waals surface area contributed by atoms with E-state index in [1.807, 2.05) is 13.0 Å². The molecule has 1 aromatic carbocycles. The number of halogens is 1. The van der Waals surface area contributed by atoms with Gasteiger partial charge in [0.1, 0.15) is 5.82 Å². The third-order valence-corrected chi connectivity index (χ3v) is 3.74. The SMILES string of the molecule is CC(N)(CCCC1CCCO1)c1ccccc1F. The van der Waals surface area contributed by atoms with Gasteiger partial charge in [-0.25, -0.2) is 4.39 Å². The molecule has 1 aromatic rings. The summed E-state index contributed by atoms with van der Waals surface area (Å²) in [5.74, 6) is -0.209. The highest BCUT2D eigenvalue weighted by Crippen LogP contribution is 2.27. The van der Waals surface area contributed by atoms with Crippen molar-refractivity contribution in [2.75, 3.05) is 6.61 Å². The van der Waals surface area contributed by atoms with Crippen molar-refractivity contribution in [2.24, 2.45) is 5.73 Å². The summed E-state index contributed by atoms with van der Waals surface area (Å²) in [5, 5.41) is 0. The van der Waals surface area contributed by atoms with Crippen molar-refractivity contribution in [2.45, 2.75) is 50.7 Å². The van der Waals surface area contributed by atoms with Crippen LogP contribution in [0.2, 0.25) is 0 Å². The molecule has 0 spiro atoms. The van der Waals surface area contributed by atoms with Gasteiger partial charge in [-0.15, -0.1) is 0 Å². The van der Waals surface area contributed by atoms with E-state index in [2.05, 4.69) is 0 Å². The topological polar surface area (TPSA) is 35.2 Å². The Hall–Kier alpha value is -0.930. The number of rotatable bonds is 5. The lowest BCUT2D eigenvalue weighted by molar-refractivity contribution is 0.100. The Kier molecular flexibility index (Phi) is 4.36. The molecular weight excluding hydrogens is 229 g/mol. The second-order valence-electron chi connectivity index (χ2n) is 5.42. The zero-order valence-corrected chi connectivity index (χ0v) is 11.0. The van der Waals surface area contributed by atoms with Gasteiger partial charge in [0.2, 0.25) is 0 Å². The first-order valence-electron chi connectivity index (χ1n) is 6.75. The lowest BCUT2D eigenvalue weighted by Gasteiger charge is -2.26. The third kappa shape index (κ3) is 3.30. The minimum Gasteiger partial charge on any atom is -0.378 e. The standard InChI is InChI=1S/C15H22FNO/c1-15(17,13-8-2-3-9-14(13)16)10-4-6-12-7-5-11-18-12/h2-3,8-9,12H,4-7,10-11,17H2,1H3. The van der Waals surface area contributed by atoms with E-state index in [4.69, 9.17) is 10.5 Å². The summed E-state index contributed by atoms with van der Waals surface area (Å²) >= 11 is 0. The van der Waals surface area contributed by atoms with Crippen molar-refractivity contribution >= 4 is 0 Å². The van der Waals surface area contributed by atoms with Gasteiger partial charge in [-0.2, -0.15) is 0 Å². The molecule has 1 saturated heterocycles. The molecule has 0 radical (unpaired) electrons. The van der Waals surface area contributed by atoms with Crippen LogP contribution in [-0.2, 0) is 10.3 Å². The minimum absolute atomic E-state index is 0.209. The maximum absolute atomic E-state index is 13.7. The van der Waals surface area contributed by atoms with Crippen molar-refractivity contribution in [3.8, 4) is 0 Å². The summed E-state index contributed by atoms with van der Waals surface area (Å²) in [6, 6.07) is 6.78. The largest absolute Gasteiger partial charge is 0.378 e. The fourth-order valence-electron chi connectivity index (χ4n) is 2.63. The second-order valence-corrected chi connectivity index (χ2v) is 5.42. The first-order valence-corrected chi connectivity index (χ1v) is 6.75. The zero-order valence-electron chi connectivity index (χ0n) is 11.0. The molecule has 0 bridgehead atoms. The van der Waals surface area contributed by atoms with Gasteiger partial charge in [0.15, 0.2) is 0 Å². The van der Waals surface area contributed by atoms with E-state index in [1.54, 1.807) is 12.1 Å². The molecule has 100 valence electrons. The highest BCUT2D eigenvalue weighted by molar-refractivity contribution is 5.24. The van der Waals surface area contributed by atoms with Crippen molar-refractivity contribution in [1.82, 2.24) is 0 Å². The fraction of sp³-hybridized carbons (Fsp3) is 0.600. The number of hydrogen-bond donors (Lipinski definition) is 1. The number of benzene rings is 1. The smallest absolute Gasteiger partial charge is 0.128 e. The summed E-state index contributed by atoms with van der Waals surface area (Å²) in [4.78, 5) is 0. The Morgan fingerprint density at radius 2 is 2.22 bits per heavy atom. The van der Waals surface area contributed by atoms with Crippen molar-refractivity contribution in [3.63, 3.8) is 0 Å². The molecule has 0 aromatic heterocycles. The van der Waals surface area contributed by atoms with E-state index in [1.165, 1.54) is 6.07 Å². The Morgan fingerprint density at radius 1 is 1.44 bits per heavy atom. The van der Waals surface area contributed by atoms with E-state index >= 15 is 0 Å². The molecular formula is C15H22FNO. The third-order valence-electron chi connectivity index (χ3n) is 3.74. The molecule has 1 aliphatic heterocycles. The maximum atomic E-state index is 13.7. The van der Waals surface area contributed by atoms with E-state index in [9.17, 15) is 4.39 Å². The summed E-state index contributed by atoms with van der Waals surface area (Å²) < 4.78 is 19.3. The Balaban J connectivity index is 1.88. The summed E-state index contributed by atoms with van der Waals surface area (Å²) in [7, 11) is 0. The van der Waals surface area contributed by atoms with Crippen LogP contribution < -0.4 is 5.73 Å². The van der Waals surface area contributed by atoms with Gasteiger partial charge in [-0.05, 0) is 45.1 Å². The molecule has 1 fully saturated rings. The van der Waals surface area contributed by atoms with Crippen LogP contribution in [0.25, 0.3) is 0 Å². The maximum Gasteiger partial charge on any atom is 0.128 e. The van der Waals surface area contributed by atoms with E-state index in [0.29, 0.717) is 11.7 Å². The van der Waals surface area contributed by atoms with E-state index in [0.717, 1.165) is 38.7 Å². The molecule has 2 N–H and O–H groups in total. The van der Waals surface area contributed by atoms with Crippen LogP contribution in [0.4, 0.5) is 4.39 Å². The van der Waals surface area contributed by atoms with E-state index < -0.39 is 5.54 Å². The minimum atomic E-state index is -0.593. The number of hydrogen-bond acceptors (Lipinski definition) is 2. The molecule has 3 heteroatoms. The predicted octanol–water partition coefficient (Wildman–Crippen LogP) is 3.35. The van der Waals surface area contributed by atoms with Crippen LogP contribution in [0.5, 0.6) is 0 Å². The van der Waals surface area contributed by atoms with Crippen LogP contribution in [0.3, 0.4) is 0 Å². The quantitative estimate of drug-likeness (QED) is 0.871. The van der Waals surface area contributed by atoms with Crippen LogP contribution in [0.15, 0.2) is 24.3 Å². The highest BCUT2D eigenvalue weighted by Gasteiger charge is 2.25. The molecule has 1 heterocycles. The lowest BCUT2D eigenvalue weighted by atomic mass is 9.87. The first-order chi connectivity index (χ1) is 8.59. The summed E-state index contributed by atoms with van der Waals surface area (Å²) in [5.41, 5.74) is 6.26. The highest BCUT2D eigenvalue weighted by atomic mass is 19.1. The summed E-state index contributed by atoms with van der Waals surface area (Å²) in [6.07, 6.45) is 5.50. The van der Waals surface area contributed by atoms with Gasteiger partial charge in [0, 0.05) is 17.7 Å². The van der Waals surface area contributed by atoms with Gasteiger partial charge < -0.3 is 10.5 Å². The van der Waals surface area contributed by atoms with Crippen molar-refractivity contribution in [3.05, 3.63) is 35.6 Å². The van der Waals surface area contributed by atoms with Gasteiger partial charge in [0.05, 0.1) is 6.10 Å². The monoisotopic (exact) mass is 251 g/mol. The normalized spacial score (nSPS) is 22.9. The van der Waals surface area contributed by atoms with Crippen LogP contribution in [0, 0.1) is 5.82 Å². The van der Waals surface area contributed by atoms with Gasteiger partial charge in [-0.3, -0.25) is 0 Å². The number of nitrogens with two attached hydrogens (primary N) is 1. The molecule has 1 aliphatic rings.